The molecule has 0 bridgehead atoms. The number of amides is 1. The topological polar surface area (TPSA) is 55.4 Å². The third-order valence-corrected chi connectivity index (χ3v) is 4.97. The van der Waals surface area contributed by atoms with Gasteiger partial charge in [0.15, 0.2) is 5.78 Å². The Morgan fingerprint density at radius 2 is 1.64 bits per heavy atom. The van der Waals surface area contributed by atoms with E-state index < -0.39 is 0 Å². The number of anilines is 1. The SMILES string of the molecule is COc1ccc(C(=O)Nc2cccc(SCC(=O)c3ccc(F)cc3)c2)cc1. The van der Waals surface area contributed by atoms with E-state index in [-0.39, 0.29) is 23.3 Å². The standard InChI is InChI=1S/C22H18FNO3S/c1-27-19-11-7-16(8-12-19)22(26)24-18-3-2-4-20(13-18)28-14-21(25)15-5-9-17(23)10-6-15/h2-13H,14H2,1H3,(H,24,26). The molecule has 4 nitrogen and oxygen atoms in total. The van der Waals surface area contributed by atoms with Gasteiger partial charge in [-0.1, -0.05) is 6.07 Å². The molecule has 0 unspecified atom stereocenters. The molecule has 28 heavy (non-hydrogen) atoms. The van der Waals surface area contributed by atoms with Gasteiger partial charge in [0, 0.05) is 21.7 Å². The van der Waals surface area contributed by atoms with E-state index in [9.17, 15) is 14.0 Å². The number of ketones is 1. The lowest BCUT2D eigenvalue weighted by atomic mass is 10.1. The highest BCUT2D eigenvalue weighted by atomic mass is 32.2. The van der Waals surface area contributed by atoms with Crippen LogP contribution in [0.3, 0.4) is 0 Å². The maximum atomic E-state index is 13.0. The number of carbonyl (C=O) groups excluding carboxylic acids is 2. The monoisotopic (exact) mass is 395 g/mol. The molecule has 0 fully saturated rings. The van der Waals surface area contributed by atoms with E-state index in [4.69, 9.17) is 4.74 Å². The summed E-state index contributed by atoms with van der Waals surface area (Å²) in [6, 6.07) is 19.6. The fraction of sp³-hybridized carbons (Fsp3) is 0.0909. The summed E-state index contributed by atoms with van der Waals surface area (Å²) in [5.41, 5.74) is 1.63. The van der Waals surface area contributed by atoms with Crippen LogP contribution < -0.4 is 10.1 Å². The minimum absolute atomic E-state index is 0.0855. The molecule has 3 rings (SSSR count). The summed E-state index contributed by atoms with van der Waals surface area (Å²) in [5.74, 6) is 0.219. The molecular formula is C22H18FNO3S. The molecule has 0 aliphatic heterocycles. The average Bonchev–Trinajstić information content (AvgIpc) is 2.73. The van der Waals surface area contributed by atoms with Crippen molar-refractivity contribution in [3.05, 3.63) is 89.7 Å². The van der Waals surface area contributed by atoms with Crippen molar-refractivity contribution >= 4 is 29.1 Å². The van der Waals surface area contributed by atoms with Crippen LogP contribution in [0.5, 0.6) is 5.75 Å². The molecule has 142 valence electrons. The van der Waals surface area contributed by atoms with Gasteiger partial charge in [-0.3, -0.25) is 9.59 Å². The van der Waals surface area contributed by atoms with Crippen LogP contribution in [0.4, 0.5) is 10.1 Å². The number of benzene rings is 3. The molecule has 3 aromatic rings. The van der Waals surface area contributed by atoms with Crippen molar-refractivity contribution in [1.82, 2.24) is 0 Å². The Hall–Kier alpha value is -3.12. The Bertz CT molecular complexity index is 972. The zero-order valence-corrected chi connectivity index (χ0v) is 16.0. The molecule has 0 saturated heterocycles. The molecule has 6 heteroatoms. The van der Waals surface area contributed by atoms with Gasteiger partial charge in [0.25, 0.3) is 5.91 Å². The van der Waals surface area contributed by atoms with E-state index >= 15 is 0 Å². The number of methoxy groups -OCH3 is 1. The van der Waals surface area contributed by atoms with Crippen LogP contribution in [0.1, 0.15) is 20.7 Å². The summed E-state index contributed by atoms with van der Waals surface area (Å²) in [7, 11) is 1.57. The van der Waals surface area contributed by atoms with Crippen molar-refractivity contribution in [2.75, 3.05) is 18.2 Å². The predicted molar refractivity (Wildman–Crippen MR) is 109 cm³/mol. The number of carbonyl (C=O) groups is 2. The molecule has 0 saturated carbocycles. The molecule has 0 heterocycles. The van der Waals surface area contributed by atoms with Crippen molar-refractivity contribution < 1.29 is 18.7 Å². The summed E-state index contributed by atoms with van der Waals surface area (Å²) in [4.78, 5) is 25.4. The second kappa shape index (κ2) is 9.19. The highest BCUT2D eigenvalue weighted by Gasteiger charge is 2.09. The van der Waals surface area contributed by atoms with Gasteiger partial charge in [-0.05, 0) is 66.7 Å². The summed E-state index contributed by atoms with van der Waals surface area (Å²) in [6.45, 7) is 0. The molecule has 1 N–H and O–H groups in total. The van der Waals surface area contributed by atoms with E-state index in [0.29, 0.717) is 22.6 Å². The number of rotatable bonds is 7. The largest absolute Gasteiger partial charge is 0.497 e. The molecule has 0 radical (unpaired) electrons. The van der Waals surface area contributed by atoms with Crippen molar-refractivity contribution in [3.8, 4) is 5.75 Å². The molecule has 0 aliphatic rings. The lowest BCUT2D eigenvalue weighted by Crippen LogP contribution is -2.11. The number of nitrogens with one attached hydrogen (secondary N) is 1. The first kappa shape index (κ1) is 19.6. The maximum absolute atomic E-state index is 13.0. The van der Waals surface area contributed by atoms with Crippen molar-refractivity contribution in [2.24, 2.45) is 0 Å². The predicted octanol–water partition coefficient (Wildman–Crippen LogP) is 5.06. The second-order valence-electron chi connectivity index (χ2n) is 5.93. The quantitative estimate of drug-likeness (QED) is 0.449. The Kier molecular flexibility index (Phi) is 6.45. The molecule has 1 amide bonds. The molecular weight excluding hydrogens is 377 g/mol. The van der Waals surface area contributed by atoms with Crippen molar-refractivity contribution in [2.45, 2.75) is 4.90 Å². The first-order chi connectivity index (χ1) is 13.5. The normalized spacial score (nSPS) is 10.4. The smallest absolute Gasteiger partial charge is 0.255 e. The van der Waals surface area contributed by atoms with E-state index in [2.05, 4.69) is 5.32 Å². The van der Waals surface area contributed by atoms with Crippen molar-refractivity contribution in [1.29, 1.82) is 0 Å². The van der Waals surface area contributed by atoms with Gasteiger partial charge in [-0.15, -0.1) is 11.8 Å². The molecule has 3 aromatic carbocycles. The lowest BCUT2D eigenvalue weighted by molar-refractivity contribution is 0.101. The van der Waals surface area contributed by atoms with Gasteiger partial charge in [0.05, 0.1) is 12.9 Å². The van der Waals surface area contributed by atoms with Crippen LogP contribution in [0.15, 0.2) is 77.7 Å². The third-order valence-electron chi connectivity index (χ3n) is 3.98. The van der Waals surface area contributed by atoms with E-state index in [1.807, 2.05) is 18.2 Å². The zero-order chi connectivity index (χ0) is 19.9. The molecule has 0 atom stereocenters. The van der Waals surface area contributed by atoms with Gasteiger partial charge in [-0.25, -0.2) is 4.39 Å². The fourth-order valence-electron chi connectivity index (χ4n) is 2.48. The Morgan fingerprint density at radius 3 is 2.32 bits per heavy atom. The number of hydrogen-bond acceptors (Lipinski definition) is 4. The number of Topliss-reactive ketones (excluding diaryl/α,β-unsaturated/α-hetero) is 1. The first-order valence-corrected chi connectivity index (χ1v) is 9.51. The lowest BCUT2D eigenvalue weighted by Gasteiger charge is -2.08. The second-order valence-corrected chi connectivity index (χ2v) is 6.98. The van der Waals surface area contributed by atoms with Gasteiger partial charge in [0.2, 0.25) is 0 Å². The van der Waals surface area contributed by atoms with Crippen LogP contribution in [0.2, 0.25) is 0 Å². The van der Waals surface area contributed by atoms with Crippen LogP contribution >= 0.6 is 11.8 Å². The van der Waals surface area contributed by atoms with Crippen LogP contribution in [-0.2, 0) is 0 Å². The Labute approximate surface area is 166 Å². The first-order valence-electron chi connectivity index (χ1n) is 8.52. The summed E-state index contributed by atoms with van der Waals surface area (Å²) < 4.78 is 18.0. The maximum Gasteiger partial charge on any atom is 0.255 e. The number of thioether (sulfide) groups is 1. The minimum atomic E-state index is -0.371. The molecule has 0 spiro atoms. The van der Waals surface area contributed by atoms with Crippen LogP contribution in [0, 0.1) is 5.82 Å². The van der Waals surface area contributed by atoms with Gasteiger partial charge < -0.3 is 10.1 Å². The summed E-state index contributed by atoms with van der Waals surface area (Å²) >= 11 is 1.36. The Balaban J connectivity index is 1.60. The van der Waals surface area contributed by atoms with Crippen LogP contribution in [-0.4, -0.2) is 24.6 Å². The summed E-state index contributed by atoms with van der Waals surface area (Å²) in [5, 5.41) is 2.84. The van der Waals surface area contributed by atoms with E-state index in [1.54, 1.807) is 37.4 Å². The summed E-state index contributed by atoms with van der Waals surface area (Å²) in [6.07, 6.45) is 0. The minimum Gasteiger partial charge on any atom is -0.497 e. The van der Waals surface area contributed by atoms with E-state index in [0.717, 1.165) is 4.90 Å². The number of hydrogen-bond donors (Lipinski definition) is 1. The highest BCUT2D eigenvalue weighted by molar-refractivity contribution is 8.00. The molecule has 0 aliphatic carbocycles. The van der Waals surface area contributed by atoms with Gasteiger partial charge in [-0.2, -0.15) is 0 Å². The molecule has 0 aromatic heterocycles. The number of halogens is 1. The number of ether oxygens (including phenoxy) is 1. The van der Waals surface area contributed by atoms with E-state index in [1.165, 1.54) is 36.0 Å². The average molecular weight is 395 g/mol. The van der Waals surface area contributed by atoms with Gasteiger partial charge in [0.1, 0.15) is 11.6 Å². The third kappa shape index (κ3) is 5.20. The van der Waals surface area contributed by atoms with Crippen LogP contribution in [0.25, 0.3) is 0 Å². The highest BCUT2D eigenvalue weighted by Crippen LogP contribution is 2.23. The fourth-order valence-corrected chi connectivity index (χ4v) is 3.33. The Morgan fingerprint density at radius 1 is 0.964 bits per heavy atom. The van der Waals surface area contributed by atoms with Gasteiger partial charge >= 0.3 is 0 Å². The van der Waals surface area contributed by atoms with Crippen molar-refractivity contribution in [3.63, 3.8) is 0 Å². The zero-order valence-electron chi connectivity index (χ0n) is 15.1.